The van der Waals surface area contributed by atoms with Crippen LogP contribution in [0.25, 0.3) is 0 Å². The molecule has 0 amide bonds. The summed E-state index contributed by atoms with van der Waals surface area (Å²) in [6.07, 6.45) is 10.7. The first kappa shape index (κ1) is 12.8. The smallest absolute Gasteiger partial charge is 0.108 e. The van der Waals surface area contributed by atoms with Crippen LogP contribution in [0.4, 0.5) is 0 Å². The van der Waals surface area contributed by atoms with Crippen LogP contribution < -0.4 is 5.32 Å². The first-order chi connectivity index (χ1) is 8.79. The Bertz CT molecular complexity index is 464. The van der Waals surface area contributed by atoms with Crippen LogP contribution in [0.2, 0.25) is 0 Å². The lowest BCUT2D eigenvalue weighted by molar-refractivity contribution is 0.509. The van der Waals surface area contributed by atoms with Gasteiger partial charge in [-0.2, -0.15) is 0 Å². The Labute approximate surface area is 108 Å². The fourth-order valence-electron chi connectivity index (χ4n) is 2.09. The molecule has 0 saturated heterocycles. The number of nitrogens with one attached hydrogen (secondary N) is 1. The van der Waals surface area contributed by atoms with Crippen LogP contribution in [0.3, 0.4) is 0 Å². The Kier molecular flexibility index (Phi) is 4.47. The van der Waals surface area contributed by atoms with Crippen molar-refractivity contribution in [3.63, 3.8) is 0 Å². The number of imidazole rings is 1. The molecule has 0 aliphatic carbocycles. The monoisotopic (exact) mass is 244 g/mol. The summed E-state index contributed by atoms with van der Waals surface area (Å²) >= 11 is 0. The minimum Gasteiger partial charge on any atom is -0.338 e. The maximum Gasteiger partial charge on any atom is 0.108 e. The molecule has 0 aliphatic rings. The average molecular weight is 244 g/mol. The van der Waals surface area contributed by atoms with Crippen LogP contribution in [-0.2, 0) is 19.9 Å². The summed E-state index contributed by atoms with van der Waals surface area (Å²) in [5.41, 5.74) is 1.27. The van der Waals surface area contributed by atoms with Crippen LogP contribution in [0.15, 0.2) is 36.9 Å². The Hall–Kier alpha value is -1.68. The summed E-state index contributed by atoms with van der Waals surface area (Å²) in [4.78, 5) is 8.50. The van der Waals surface area contributed by atoms with E-state index in [0.717, 1.165) is 25.1 Å². The highest BCUT2D eigenvalue weighted by Gasteiger charge is 2.09. The zero-order chi connectivity index (χ0) is 12.8. The van der Waals surface area contributed by atoms with E-state index in [9.17, 15) is 0 Å². The molecule has 2 heterocycles. The summed E-state index contributed by atoms with van der Waals surface area (Å²) in [5, 5.41) is 3.37. The Morgan fingerprint density at radius 2 is 2.28 bits per heavy atom. The second kappa shape index (κ2) is 6.31. The summed E-state index contributed by atoms with van der Waals surface area (Å²) in [6.45, 7) is 0. The van der Waals surface area contributed by atoms with Crippen molar-refractivity contribution in [3.05, 3.63) is 48.3 Å². The summed E-state index contributed by atoms with van der Waals surface area (Å²) in [5.74, 6) is 1.14. The number of rotatable bonds is 6. The SMILES string of the molecule is CNC(CCc1nccn1C)Cc1cccnc1. The Morgan fingerprint density at radius 3 is 2.89 bits per heavy atom. The lowest BCUT2D eigenvalue weighted by Crippen LogP contribution is -2.28. The zero-order valence-corrected chi connectivity index (χ0v) is 11.0. The molecule has 1 atom stereocenters. The Morgan fingerprint density at radius 1 is 1.39 bits per heavy atom. The lowest BCUT2D eigenvalue weighted by atomic mass is 10.0. The lowest BCUT2D eigenvalue weighted by Gasteiger charge is -2.15. The van der Waals surface area contributed by atoms with Crippen LogP contribution in [0, 0.1) is 0 Å². The van der Waals surface area contributed by atoms with Crippen LogP contribution >= 0.6 is 0 Å². The highest BCUT2D eigenvalue weighted by Crippen LogP contribution is 2.07. The van der Waals surface area contributed by atoms with Crippen molar-refractivity contribution in [2.75, 3.05) is 7.05 Å². The molecule has 0 spiro atoms. The third-order valence-electron chi connectivity index (χ3n) is 3.25. The molecule has 18 heavy (non-hydrogen) atoms. The normalized spacial score (nSPS) is 12.6. The van der Waals surface area contributed by atoms with Crippen LogP contribution in [0.1, 0.15) is 17.8 Å². The molecular formula is C14H20N4. The van der Waals surface area contributed by atoms with E-state index < -0.39 is 0 Å². The van der Waals surface area contributed by atoms with E-state index in [2.05, 4.69) is 25.9 Å². The van der Waals surface area contributed by atoms with Crippen molar-refractivity contribution < 1.29 is 0 Å². The third-order valence-corrected chi connectivity index (χ3v) is 3.25. The van der Waals surface area contributed by atoms with Gasteiger partial charge in [0.25, 0.3) is 0 Å². The van der Waals surface area contributed by atoms with Crippen LogP contribution in [-0.4, -0.2) is 27.6 Å². The largest absolute Gasteiger partial charge is 0.338 e. The van der Waals surface area contributed by atoms with E-state index >= 15 is 0 Å². The zero-order valence-electron chi connectivity index (χ0n) is 11.0. The standard InChI is InChI=1S/C14H20N4/c1-15-13(10-12-4-3-7-16-11-12)5-6-14-17-8-9-18(14)2/h3-4,7-9,11,13,15H,5-6,10H2,1-2H3. The van der Waals surface area contributed by atoms with Gasteiger partial charge in [-0.25, -0.2) is 4.98 Å². The highest BCUT2D eigenvalue weighted by atomic mass is 15.0. The fourth-order valence-corrected chi connectivity index (χ4v) is 2.09. The molecule has 96 valence electrons. The molecule has 2 rings (SSSR count). The number of aromatic nitrogens is 3. The van der Waals surface area contributed by atoms with E-state index in [-0.39, 0.29) is 0 Å². The fraction of sp³-hybridized carbons (Fsp3) is 0.429. The van der Waals surface area contributed by atoms with Crippen molar-refractivity contribution in [1.82, 2.24) is 19.9 Å². The van der Waals surface area contributed by atoms with Gasteiger partial charge < -0.3 is 9.88 Å². The number of pyridine rings is 1. The van der Waals surface area contributed by atoms with E-state index in [0.29, 0.717) is 6.04 Å². The molecule has 0 radical (unpaired) electrons. The molecule has 4 heteroatoms. The van der Waals surface area contributed by atoms with Crippen molar-refractivity contribution in [3.8, 4) is 0 Å². The number of nitrogens with zero attached hydrogens (tertiary/aromatic N) is 3. The topological polar surface area (TPSA) is 42.7 Å². The molecule has 0 aliphatic heterocycles. The van der Waals surface area contributed by atoms with Crippen molar-refractivity contribution in [2.24, 2.45) is 7.05 Å². The predicted octanol–water partition coefficient (Wildman–Crippen LogP) is 1.58. The van der Waals surface area contributed by atoms with Gasteiger partial charge in [0.15, 0.2) is 0 Å². The molecule has 0 fully saturated rings. The van der Waals surface area contributed by atoms with Gasteiger partial charge in [-0.1, -0.05) is 6.07 Å². The van der Waals surface area contributed by atoms with Crippen molar-refractivity contribution >= 4 is 0 Å². The third kappa shape index (κ3) is 3.40. The molecule has 2 aromatic heterocycles. The first-order valence-corrected chi connectivity index (χ1v) is 6.32. The van der Waals surface area contributed by atoms with Gasteiger partial charge in [0.05, 0.1) is 0 Å². The van der Waals surface area contributed by atoms with Gasteiger partial charge >= 0.3 is 0 Å². The van der Waals surface area contributed by atoms with Gasteiger partial charge in [-0.15, -0.1) is 0 Å². The van der Waals surface area contributed by atoms with Crippen LogP contribution in [0.5, 0.6) is 0 Å². The number of hydrogen-bond acceptors (Lipinski definition) is 3. The van der Waals surface area contributed by atoms with Crippen molar-refractivity contribution in [2.45, 2.75) is 25.3 Å². The van der Waals surface area contributed by atoms with Gasteiger partial charge in [-0.3, -0.25) is 4.98 Å². The van der Waals surface area contributed by atoms with Gasteiger partial charge in [0.1, 0.15) is 5.82 Å². The second-order valence-electron chi connectivity index (χ2n) is 4.54. The molecule has 2 aromatic rings. The average Bonchev–Trinajstić information content (AvgIpc) is 2.81. The van der Waals surface area contributed by atoms with Gasteiger partial charge in [-0.05, 0) is 31.5 Å². The predicted molar refractivity (Wildman–Crippen MR) is 72.3 cm³/mol. The van der Waals surface area contributed by atoms with Gasteiger partial charge in [0.2, 0.25) is 0 Å². The minimum atomic E-state index is 0.464. The molecule has 0 bridgehead atoms. The highest BCUT2D eigenvalue weighted by molar-refractivity contribution is 5.10. The van der Waals surface area contributed by atoms with E-state index in [1.54, 1.807) is 0 Å². The van der Waals surface area contributed by atoms with Crippen molar-refractivity contribution in [1.29, 1.82) is 0 Å². The van der Waals surface area contributed by atoms with E-state index in [1.165, 1.54) is 5.56 Å². The molecule has 0 aromatic carbocycles. The number of likely N-dealkylation sites (N-methyl/N-ethyl adjacent to an activating group) is 1. The van der Waals surface area contributed by atoms with Gasteiger partial charge in [0, 0.05) is 44.3 Å². The molecular weight excluding hydrogens is 224 g/mol. The molecule has 0 saturated carbocycles. The summed E-state index contributed by atoms with van der Waals surface area (Å²) in [6, 6.07) is 4.57. The first-order valence-electron chi connectivity index (χ1n) is 6.32. The van der Waals surface area contributed by atoms with E-state index in [4.69, 9.17) is 0 Å². The molecule has 1 N–H and O–H groups in total. The number of hydrogen-bond donors (Lipinski definition) is 1. The molecule has 1 unspecified atom stereocenters. The Balaban J connectivity index is 1.88. The maximum absolute atomic E-state index is 4.35. The summed E-state index contributed by atoms with van der Waals surface area (Å²) < 4.78 is 2.08. The molecule has 4 nitrogen and oxygen atoms in total. The number of aryl methyl sites for hydroxylation is 2. The second-order valence-corrected chi connectivity index (χ2v) is 4.54. The minimum absolute atomic E-state index is 0.464. The van der Waals surface area contributed by atoms with E-state index in [1.807, 2.05) is 44.9 Å². The maximum atomic E-state index is 4.35. The summed E-state index contributed by atoms with van der Waals surface area (Å²) in [7, 11) is 4.05. The quantitative estimate of drug-likeness (QED) is 0.839.